The molecule has 0 unspecified atom stereocenters. The molecule has 58 heavy (non-hydrogen) atoms. The van der Waals surface area contributed by atoms with Crippen molar-refractivity contribution < 1.29 is 58.8 Å². The van der Waals surface area contributed by atoms with E-state index in [-0.39, 0.29) is 43.2 Å². The van der Waals surface area contributed by atoms with E-state index in [9.17, 15) is 58.8 Å². The van der Waals surface area contributed by atoms with Crippen molar-refractivity contribution in [1.82, 2.24) is 31.9 Å². The quantitative estimate of drug-likeness (QED) is 0.0516. The Morgan fingerprint density at radius 1 is 0.603 bits per heavy atom. The number of rotatable bonds is 24. The summed E-state index contributed by atoms with van der Waals surface area (Å²) in [7, 11) is 0. The number of carboxylic acid groups (broad SMARTS) is 2. The molecule has 0 aliphatic heterocycles. The molecular formula is C38H54N8O12. The first-order valence-electron chi connectivity index (χ1n) is 18.6. The molecule has 6 atom stereocenters. The number of hydrogen-bond donors (Lipinski definition) is 12. The topological polar surface area (TPSA) is 342 Å². The lowest BCUT2D eigenvalue weighted by Crippen LogP contribution is -2.58. The Bertz CT molecular complexity index is 1740. The normalized spacial score (nSPS) is 14.0. The van der Waals surface area contributed by atoms with Gasteiger partial charge in [-0.15, -0.1) is 0 Å². The van der Waals surface area contributed by atoms with Gasteiger partial charge in [0.2, 0.25) is 35.4 Å². The van der Waals surface area contributed by atoms with Crippen LogP contribution in [0.3, 0.4) is 0 Å². The summed E-state index contributed by atoms with van der Waals surface area (Å²) >= 11 is 0. The fourth-order valence-electron chi connectivity index (χ4n) is 5.34. The van der Waals surface area contributed by atoms with Crippen molar-refractivity contribution in [2.75, 3.05) is 13.1 Å². The van der Waals surface area contributed by atoms with Crippen LogP contribution >= 0.6 is 0 Å². The second-order valence-electron chi connectivity index (χ2n) is 14.0. The first-order valence-corrected chi connectivity index (χ1v) is 18.6. The maximum atomic E-state index is 13.6. The van der Waals surface area contributed by atoms with Crippen LogP contribution in [0.15, 0.2) is 48.5 Å². The van der Waals surface area contributed by atoms with Gasteiger partial charge in [-0.3, -0.25) is 33.6 Å². The lowest BCUT2D eigenvalue weighted by Gasteiger charge is -2.24. The van der Waals surface area contributed by atoms with Crippen molar-refractivity contribution >= 4 is 47.4 Å². The van der Waals surface area contributed by atoms with Crippen LogP contribution in [0.4, 0.5) is 0 Å². The number of unbranched alkanes of at least 4 members (excludes halogenated alkanes) is 1. The molecule has 0 aromatic heterocycles. The number of hydrogen-bond acceptors (Lipinski definition) is 12. The number of nitrogens with one attached hydrogen (secondary N) is 6. The van der Waals surface area contributed by atoms with Crippen LogP contribution in [-0.2, 0) is 51.2 Å². The Morgan fingerprint density at radius 2 is 1.09 bits per heavy atom. The van der Waals surface area contributed by atoms with Gasteiger partial charge >= 0.3 is 11.9 Å². The molecule has 6 amide bonds. The number of aromatic hydroxyl groups is 2. The van der Waals surface area contributed by atoms with Crippen molar-refractivity contribution in [2.24, 2.45) is 17.4 Å². The minimum atomic E-state index is -1.72. The monoisotopic (exact) mass is 814 g/mol. The molecule has 0 fully saturated rings. The van der Waals surface area contributed by atoms with E-state index in [4.69, 9.17) is 11.5 Å². The highest BCUT2D eigenvalue weighted by Gasteiger charge is 2.32. The number of phenols is 2. The third-order valence-corrected chi connectivity index (χ3v) is 8.81. The van der Waals surface area contributed by atoms with Gasteiger partial charge < -0.3 is 63.8 Å². The largest absolute Gasteiger partial charge is 0.508 e. The van der Waals surface area contributed by atoms with Crippen molar-refractivity contribution in [3.05, 3.63) is 59.7 Å². The van der Waals surface area contributed by atoms with Crippen molar-refractivity contribution in [1.29, 1.82) is 0 Å². The third-order valence-electron chi connectivity index (χ3n) is 8.81. The van der Waals surface area contributed by atoms with Crippen LogP contribution < -0.4 is 43.4 Å². The van der Waals surface area contributed by atoms with Crippen molar-refractivity contribution in [3.8, 4) is 11.5 Å². The number of phenolic OH excluding ortho intramolecular Hbond substituents is 2. The minimum absolute atomic E-state index is 0.000246. The van der Waals surface area contributed by atoms with Crippen LogP contribution in [0.5, 0.6) is 11.5 Å². The van der Waals surface area contributed by atoms with Gasteiger partial charge in [0, 0.05) is 12.8 Å². The van der Waals surface area contributed by atoms with E-state index in [0.717, 1.165) is 0 Å². The molecule has 0 radical (unpaired) electrons. The van der Waals surface area contributed by atoms with Gasteiger partial charge in [0.1, 0.15) is 41.7 Å². The van der Waals surface area contributed by atoms with Crippen molar-refractivity contribution in [3.63, 3.8) is 0 Å². The summed E-state index contributed by atoms with van der Waals surface area (Å²) in [6.45, 7) is 4.30. The maximum absolute atomic E-state index is 13.6. The number of aliphatic carboxylic acids is 2. The van der Waals surface area contributed by atoms with E-state index >= 15 is 0 Å². The first kappa shape index (κ1) is 47.9. The first-order chi connectivity index (χ1) is 27.3. The molecule has 0 heterocycles. The summed E-state index contributed by atoms with van der Waals surface area (Å²) < 4.78 is 0. The molecule has 0 aliphatic rings. The lowest BCUT2D eigenvalue weighted by molar-refractivity contribution is -0.143. The highest BCUT2D eigenvalue weighted by atomic mass is 16.4. The average Bonchev–Trinajstić information content (AvgIpc) is 3.16. The Kier molecular flexibility index (Phi) is 19.6. The number of carboxylic acids is 2. The number of carbonyl (C=O) groups excluding carboxylic acids is 6. The third kappa shape index (κ3) is 16.8. The molecule has 0 spiro atoms. The zero-order valence-electron chi connectivity index (χ0n) is 32.5. The highest BCUT2D eigenvalue weighted by Crippen LogP contribution is 2.13. The van der Waals surface area contributed by atoms with Gasteiger partial charge in [0.15, 0.2) is 0 Å². The van der Waals surface area contributed by atoms with E-state index in [1.807, 2.05) is 0 Å². The summed E-state index contributed by atoms with van der Waals surface area (Å²) in [5.41, 5.74) is 12.5. The zero-order valence-corrected chi connectivity index (χ0v) is 32.5. The fourth-order valence-corrected chi connectivity index (χ4v) is 5.34. The van der Waals surface area contributed by atoms with Crippen LogP contribution in [0.2, 0.25) is 0 Å². The van der Waals surface area contributed by atoms with E-state index in [0.29, 0.717) is 24.0 Å². The highest BCUT2D eigenvalue weighted by molar-refractivity contribution is 5.97. The molecule has 0 saturated carbocycles. The minimum Gasteiger partial charge on any atom is -0.508 e. The van der Waals surface area contributed by atoms with Gasteiger partial charge in [0.05, 0.1) is 19.0 Å². The van der Waals surface area contributed by atoms with Crippen LogP contribution in [0.1, 0.15) is 57.6 Å². The molecule has 2 rings (SSSR count). The number of nitrogens with two attached hydrogens (primary N) is 2. The van der Waals surface area contributed by atoms with Gasteiger partial charge in [-0.25, -0.2) is 4.79 Å². The molecule has 20 heteroatoms. The van der Waals surface area contributed by atoms with E-state index in [1.165, 1.54) is 43.3 Å². The second-order valence-corrected chi connectivity index (χ2v) is 14.0. The summed E-state index contributed by atoms with van der Waals surface area (Å²) in [4.78, 5) is 102. The Morgan fingerprint density at radius 3 is 1.57 bits per heavy atom. The van der Waals surface area contributed by atoms with E-state index in [1.54, 1.807) is 26.0 Å². The zero-order chi connectivity index (χ0) is 43.5. The molecule has 0 aliphatic carbocycles. The lowest BCUT2D eigenvalue weighted by atomic mass is 10.0. The smallest absolute Gasteiger partial charge is 0.326 e. The van der Waals surface area contributed by atoms with Gasteiger partial charge in [-0.1, -0.05) is 38.1 Å². The Balaban J connectivity index is 2.20. The predicted molar refractivity (Wildman–Crippen MR) is 208 cm³/mol. The summed E-state index contributed by atoms with van der Waals surface area (Å²) in [5, 5.41) is 52.6. The standard InChI is InChI=1S/C38H54N8O12/c1-20(2)32(40)37(56)46-27(16-22-7-11-24(47)12-8-22)34(53)41-19-30(49)43-28(17-23-9-13-25(48)14-10-23)35(54)42-21(3)33(52)45-29(18-31(50)51)36(55)44-26(38(57)58)6-4-5-15-39/h7-14,20-21,26-29,32,47-48H,4-6,15-19,39-40H2,1-3H3,(H,41,53)(H,42,54)(H,43,49)(H,44,55)(H,45,52)(H,46,56)(H,50,51)(H,57,58)/t21-,26-,27-,28-,29-,32-/m0/s1. The summed E-state index contributed by atoms with van der Waals surface area (Å²) in [6.07, 6.45) is -0.278. The molecule has 2 aromatic carbocycles. The summed E-state index contributed by atoms with van der Waals surface area (Å²) in [5.74, 6) is -8.42. The maximum Gasteiger partial charge on any atom is 0.326 e. The molecule has 0 bridgehead atoms. The molecule has 14 N–H and O–H groups in total. The van der Waals surface area contributed by atoms with Gasteiger partial charge in [0.25, 0.3) is 0 Å². The molecule has 2 aromatic rings. The van der Waals surface area contributed by atoms with E-state index < -0.39 is 96.6 Å². The number of benzene rings is 2. The molecule has 0 saturated heterocycles. The average molecular weight is 815 g/mol. The molecular weight excluding hydrogens is 760 g/mol. The predicted octanol–water partition coefficient (Wildman–Crippen LogP) is -1.89. The second kappa shape index (κ2) is 23.7. The SMILES string of the molecule is CC(C)[C@H](N)C(=O)N[C@@H](Cc1ccc(O)cc1)C(=O)NCC(=O)N[C@@H](Cc1ccc(O)cc1)C(=O)N[C@@H](C)C(=O)N[C@@H](CC(=O)O)C(=O)N[C@@H](CCCCN)C(=O)O. The summed E-state index contributed by atoms with van der Waals surface area (Å²) in [6, 6.07) is 3.50. The van der Waals surface area contributed by atoms with Gasteiger partial charge in [-0.2, -0.15) is 0 Å². The van der Waals surface area contributed by atoms with Crippen LogP contribution in [0, 0.1) is 5.92 Å². The Labute approximate surface area is 334 Å². The Hall–Kier alpha value is -6.28. The molecule has 318 valence electrons. The van der Waals surface area contributed by atoms with Crippen LogP contribution in [0.25, 0.3) is 0 Å². The van der Waals surface area contributed by atoms with Gasteiger partial charge in [-0.05, 0) is 74.0 Å². The van der Waals surface area contributed by atoms with E-state index in [2.05, 4.69) is 31.9 Å². The molecule has 20 nitrogen and oxygen atoms in total. The van der Waals surface area contributed by atoms with Crippen molar-refractivity contribution in [2.45, 2.75) is 95.5 Å². The van der Waals surface area contributed by atoms with Crippen LogP contribution in [-0.4, -0.2) is 117 Å². The fraction of sp³-hybridized carbons (Fsp3) is 0.474. The number of carbonyl (C=O) groups is 8. The number of amides is 6.